The molecule has 2 unspecified atom stereocenters. The number of urea groups is 1. The third-order valence-corrected chi connectivity index (χ3v) is 5.41. The van der Waals surface area contributed by atoms with Crippen LogP contribution in [0.5, 0.6) is 0 Å². The number of hydrogen-bond donors (Lipinski definition) is 2. The fraction of sp³-hybridized carbons (Fsp3) is 0.600. The minimum Gasteiger partial charge on any atom is -0.481 e. The number of para-hydroxylation sites is 1. The van der Waals surface area contributed by atoms with Crippen LogP contribution in [0.4, 0.5) is 10.5 Å². The zero-order chi connectivity index (χ0) is 18.5. The maximum atomic E-state index is 12.6. The molecule has 1 aromatic carbocycles. The molecule has 2 amide bonds. The molecule has 26 heavy (non-hydrogen) atoms. The molecule has 0 aliphatic carbocycles. The Hall–Kier alpha value is -2.24. The van der Waals surface area contributed by atoms with Crippen LogP contribution in [0.1, 0.15) is 38.2 Å². The smallest absolute Gasteiger partial charge is 0.317 e. The summed E-state index contributed by atoms with van der Waals surface area (Å²) in [5.41, 5.74) is 2.31. The molecular weight excluding hydrogens is 330 g/mol. The maximum Gasteiger partial charge on any atom is 0.317 e. The molecule has 0 radical (unpaired) electrons. The second kappa shape index (κ2) is 8.43. The van der Waals surface area contributed by atoms with Gasteiger partial charge in [-0.05, 0) is 43.2 Å². The van der Waals surface area contributed by atoms with Gasteiger partial charge in [-0.3, -0.25) is 4.79 Å². The zero-order valence-corrected chi connectivity index (χ0v) is 15.5. The van der Waals surface area contributed by atoms with Crippen LogP contribution in [0.2, 0.25) is 0 Å². The molecule has 6 nitrogen and oxygen atoms in total. The van der Waals surface area contributed by atoms with Gasteiger partial charge in [0.2, 0.25) is 0 Å². The van der Waals surface area contributed by atoms with Gasteiger partial charge in [-0.25, -0.2) is 4.79 Å². The van der Waals surface area contributed by atoms with Crippen LogP contribution in [0.25, 0.3) is 0 Å². The number of carbonyl (C=O) groups is 2. The van der Waals surface area contributed by atoms with Gasteiger partial charge in [-0.1, -0.05) is 25.1 Å². The van der Waals surface area contributed by atoms with Gasteiger partial charge in [0.15, 0.2) is 0 Å². The van der Waals surface area contributed by atoms with E-state index in [9.17, 15) is 14.7 Å². The Kier molecular flexibility index (Phi) is 6.01. The van der Waals surface area contributed by atoms with Crippen LogP contribution < -0.4 is 10.2 Å². The van der Waals surface area contributed by atoms with Crippen LogP contribution >= 0.6 is 0 Å². The van der Waals surface area contributed by atoms with Crippen molar-refractivity contribution in [2.24, 2.45) is 11.8 Å². The van der Waals surface area contributed by atoms with Crippen molar-refractivity contribution in [3.05, 3.63) is 29.8 Å². The maximum absolute atomic E-state index is 12.6. The second-order valence-electron chi connectivity index (χ2n) is 7.62. The van der Waals surface area contributed by atoms with Gasteiger partial charge in [0, 0.05) is 38.4 Å². The average Bonchev–Trinajstić information content (AvgIpc) is 2.66. The molecule has 0 aromatic heterocycles. The molecule has 2 aliphatic rings. The van der Waals surface area contributed by atoms with E-state index in [0.29, 0.717) is 26.1 Å². The number of benzene rings is 1. The summed E-state index contributed by atoms with van der Waals surface area (Å²) in [7, 11) is 0. The lowest BCUT2D eigenvalue weighted by Crippen LogP contribution is -2.49. The van der Waals surface area contributed by atoms with E-state index in [4.69, 9.17) is 0 Å². The van der Waals surface area contributed by atoms with E-state index in [0.717, 1.165) is 18.7 Å². The molecule has 0 bridgehead atoms. The zero-order valence-electron chi connectivity index (χ0n) is 15.5. The Morgan fingerprint density at radius 2 is 1.88 bits per heavy atom. The molecule has 0 spiro atoms. The Morgan fingerprint density at radius 3 is 2.62 bits per heavy atom. The van der Waals surface area contributed by atoms with Gasteiger partial charge >= 0.3 is 12.0 Å². The van der Waals surface area contributed by atoms with E-state index < -0.39 is 11.9 Å². The fourth-order valence-corrected chi connectivity index (χ4v) is 4.08. The van der Waals surface area contributed by atoms with Crippen molar-refractivity contribution in [2.75, 3.05) is 31.1 Å². The van der Waals surface area contributed by atoms with E-state index in [1.807, 2.05) is 19.1 Å². The van der Waals surface area contributed by atoms with Crippen molar-refractivity contribution >= 4 is 17.7 Å². The largest absolute Gasteiger partial charge is 0.481 e. The van der Waals surface area contributed by atoms with E-state index in [-0.39, 0.29) is 11.9 Å². The minimum absolute atomic E-state index is 0.170. The molecule has 1 aromatic rings. The average molecular weight is 359 g/mol. The molecule has 142 valence electrons. The number of nitrogens with one attached hydrogen (secondary N) is 1. The van der Waals surface area contributed by atoms with Crippen molar-refractivity contribution in [2.45, 2.75) is 39.2 Å². The summed E-state index contributed by atoms with van der Waals surface area (Å²) in [5.74, 6) is -1.08. The third kappa shape index (κ3) is 4.48. The predicted molar refractivity (Wildman–Crippen MR) is 101 cm³/mol. The summed E-state index contributed by atoms with van der Waals surface area (Å²) in [5, 5.41) is 12.3. The summed E-state index contributed by atoms with van der Waals surface area (Å²) in [6, 6.07) is 8.05. The van der Waals surface area contributed by atoms with Gasteiger partial charge in [-0.2, -0.15) is 0 Å². The first-order valence-corrected chi connectivity index (χ1v) is 9.63. The molecule has 0 saturated carbocycles. The topological polar surface area (TPSA) is 72.9 Å². The molecule has 3 rings (SSSR count). The van der Waals surface area contributed by atoms with Gasteiger partial charge in [0.25, 0.3) is 0 Å². The Balaban J connectivity index is 1.62. The predicted octanol–water partition coefficient (Wildman–Crippen LogP) is 2.93. The van der Waals surface area contributed by atoms with Crippen LogP contribution in [0.15, 0.2) is 24.3 Å². The molecule has 2 fully saturated rings. The first-order valence-electron chi connectivity index (χ1n) is 9.63. The standard InChI is InChI=1S/C20H29N3O3/c1-15-11-17(19(24)25)14-23(13-15)20(26)21-12-16-7-3-4-8-18(16)22-9-5-2-6-10-22/h3-4,7-8,15,17H,2,5-6,9-14H2,1H3,(H,21,26)(H,24,25). The van der Waals surface area contributed by atoms with Crippen LogP contribution in [-0.2, 0) is 11.3 Å². The lowest BCUT2D eigenvalue weighted by molar-refractivity contribution is -0.143. The summed E-state index contributed by atoms with van der Waals surface area (Å²) in [6.07, 6.45) is 4.34. The van der Waals surface area contributed by atoms with Gasteiger partial charge in [0.1, 0.15) is 0 Å². The highest BCUT2D eigenvalue weighted by Crippen LogP contribution is 2.25. The van der Waals surface area contributed by atoms with Crippen LogP contribution in [0, 0.1) is 11.8 Å². The van der Waals surface area contributed by atoms with Crippen molar-refractivity contribution in [1.82, 2.24) is 10.2 Å². The molecule has 2 atom stereocenters. The number of piperidine rings is 2. The van der Waals surface area contributed by atoms with Crippen molar-refractivity contribution in [1.29, 1.82) is 0 Å². The quantitative estimate of drug-likeness (QED) is 0.867. The fourth-order valence-electron chi connectivity index (χ4n) is 4.08. The second-order valence-corrected chi connectivity index (χ2v) is 7.62. The van der Waals surface area contributed by atoms with E-state index in [1.165, 1.54) is 24.9 Å². The van der Waals surface area contributed by atoms with Crippen molar-refractivity contribution < 1.29 is 14.7 Å². The van der Waals surface area contributed by atoms with Crippen molar-refractivity contribution in [3.63, 3.8) is 0 Å². The molecule has 6 heteroatoms. The monoisotopic (exact) mass is 359 g/mol. The number of carboxylic acid groups (broad SMARTS) is 1. The lowest BCUT2D eigenvalue weighted by atomic mass is 9.91. The van der Waals surface area contributed by atoms with Gasteiger partial charge in [-0.15, -0.1) is 0 Å². The highest BCUT2D eigenvalue weighted by atomic mass is 16.4. The number of rotatable bonds is 4. The van der Waals surface area contributed by atoms with E-state index in [1.54, 1.807) is 4.90 Å². The number of hydrogen-bond acceptors (Lipinski definition) is 3. The number of aliphatic carboxylic acids is 1. The Morgan fingerprint density at radius 1 is 1.15 bits per heavy atom. The number of nitrogens with zero attached hydrogens (tertiary/aromatic N) is 2. The number of carboxylic acids is 1. The summed E-state index contributed by atoms with van der Waals surface area (Å²) in [6.45, 7) is 5.50. The normalized spacial score (nSPS) is 23.6. The highest BCUT2D eigenvalue weighted by molar-refractivity contribution is 5.77. The number of likely N-dealkylation sites (tertiary alicyclic amines) is 1. The lowest BCUT2D eigenvalue weighted by Gasteiger charge is -2.35. The molecular formula is C20H29N3O3. The summed E-state index contributed by atoms with van der Waals surface area (Å²) < 4.78 is 0. The van der Waals surface area contributed by atoms with Crippen LogP contribution in [-0.4, -0.2) is 48.2 Å². The number of anilines is 1. The summed E-state index contributed by atoms with van der Waals surface area (Å²) in [4.78, 5) is 27.9. The third-order valence-electron chi connectivity index (χ3n) is 5.41. The van der Waals surface area contributed by atoms with E-state index in [2.05, 4.69) is 22.3 Å². The SMILES string of the molecule is CC1CC(C(=O)O)CN(C(=O)NCc2ccccc2N2CCCCC2)C1. The van der Waals surface area contributed by atoms with Crippen molar-refractivity contribution in [3.8, 4) is 0 Å². The highest BCUT2D eigenvalue weighted by Gasteiger charge is 2.31. The Labute approximate surface area is 155 Å². The minimum atomic E-state index is -0.815. The molecule has 2 saturated heterocycles. The van der Waals surface area contributed by atoms with Gasteiger partial charge < -0.3 is 20.2 Å². The molecule has 2 N–H and O–H groups in total. The number of carbonyl (C=O) groups excluding carboxylic acids is 1. The molecule has 2 heterocycles. The first-order chi connectivity index (χ1) is 12.5. The molecule has 2 aliphatic heterocycles. The van der Waals surface area contributed by atoms with Gasteiger partial charge in [0.05, 0.1) is 5.92 Å². The first kappa shape index (κ1) is 18.5. The van der Waals surface area contributed by atoms with E-state index >= 15 is 0 Å². The summed E-state index contributed by atoms with van der Waals surface area (Å²) >= 11 is 0. The Bertz CT molecular complexity index is 643. The number of amides is 2. The van der Waals surface area contributed by atoms with Crippen LogP contribution in [0.3, 0.4) is 0 Å².